The molecule has 0 spiro atoms. The molecule has 0 saturated heterocycles. The smallest absolute Gasteiger partial charge is 0.244 e. The van der Waals surface area contributed by atoms with Gasteiger partial charge in [-0.1, -0.05) is 38.1 Å². The molecule has 0 atom stereocenters. The molecular weight excluding hydrogens is 250 g/mol. The summed E-state index contributed by atoms with van der Waals surface area (Å²) in [4.78, 5) is 11.8. The van der Waals surface area contributed by atoms with Crippen molar-refractivity contribution >= 4 is 12.0 Å². The predicted molar refractivity (Wildman–Crippen MR) is 83.3 cm³/mol. The van der Waals surface area contributed by atoms with E-state index in [2.05, 4.69) is 5.32 Å². The lowest BCUT2D eigenvalue weighted by atomic mass is 9.83. The molecule has 1 rings (SSSR count). The minimum Gasteiger partial charge on any atom is -0.396 e. The molecule has 0 saturated carbocycles. The number of rotatable bonds is 7. The number of benzene rings is 1. The van der Waals surface area contributed by atoms with Crippen LogP contribution in [-0.2, 0) is 4.79 Å². The van der Waals surface area contributed by atoms with E-state index in [4.69, 9.17) is 0 Å². The van der Waals surface area contributed by atoms with E-state index in [1.165, 1.54) is 0 Å². The van der Waals surface area contributed by atoms with Gasteiger partial charge in [0.05, 0.1) is 6.61 Å². The van der Waals surface area contributed by atoms with Crippen molar-refractivity contribution < 1.29 is 9.90 Å². The first-order valence-corrected chi connectivity index (χ1v) is 7.19. The van der Waals surface area contributed by atoms with Gasteiger partial charge in [0, 0.05) is 18.0 Å². The predicted octanol–water partition coefficient (Wildman–Crippen LogP) is 2.92. The van der Waals surface area contributed by atoms with Gasteiger partial charge in [-0.3, -0.25) is 4.79 Å². The minimum atomic E-state index is -0.202. The Labute approximate surface area is 121 Å². The normalized spacial score (nSPS) is 11.8. The van der Waals surface area contributed by atoms with E-state index >= 15 is 0 Å². The fourth-order valence-corrected chi connectivity index (χ4v) is 2.05. The molecule has 3 heteroatoms. The van der Waals surface area contributed by atoms with Crippen molar-refractivity contribution in [2.45, 2.75) is 33.6 Å². The number of hydrogen-bond donors (Lipinski definition) is 2. The van der Waals surface area contributed by atoms with Gasteiger partial charge >= 0.3 is 0 Å². The Morgan fingerprint density at radius 3 is 2.50 bits per heavy atom. The largest absolute Gasteiger partial charge is 0.396 e. The maximum atomic E-state index is 11.8. The van der Waals surface area contributed by atoms with Gasteiger partial charge in [0.25, 0.3) is 0 Å². The number of carbonyl (C=O) groups excluding carboxylic acids is 1. The van der Waals surface area contributed by atoms with Crippen molar-refractivity contribution in [2.75, 3.05) is 13.2 Å². The highest BCUT2D eigenvalue weighted by molar-refractivity contribution is 5.91. The van der Waals surface area contributed by atoms with Gasteiger partial charge in [-0.05, 0) is 37.0 Å². The van der Waals surface area contributed by atoms with Gasteiger partial charge in [0.1, 0.15) is 0 Å². The molecule has 0 heterocycles. The minimum absolute atomic E-state index is 0.0990. The van der Waals surface area contributed by atoms with E-state index in [-0.39, 0.29) is 17.9 Å². The van der Waals surface area contributed by atoms with Crippen LogP contribution in [0.3, 0.4) is 0 Å². The van der Waals surface area contributed by atoms with E-state index in [0.717, 1.165) is 24.0 Å². The second-order valence-electron chi connectivity index (χ2n) is 5.27. The average molecular weight is 275 g/mol. The van der Waals surface area contributed by atoms with E-state index < -0.39 is 0 Å². The van der Waals surface area contributed by atoms with Crippen LogP contribution >= 0.6 is 0 Å². The zero-order valence-electron chi connectivity index (χ0n) is 12.6. The number of amides is 1. The molecule has 0 aliphatic heterocycles. The van der Waals surface area contributed by atoms with Gasteiger partial charge < -0.3 is 10.4 Å². The molecule has 110 valence electrons. The number of aliphatic hydroxyl groups excluding tert-OH is 1. The summed E-state index contributed by atoms with van der Waals surface area (Å²) < 4.78 is 0. The summed E-state index contributed by atoms with van der Waals surface area (Å²) in [7, 11) is 0. The molecule has 0 aliphatic carbocycles. The summed E-state index contributed by atoms with van der Waals surface area (Å²) in [6.07, 6.45) is 5.07. The third kappa shape index (κ3) is 4.49. The van der Waals surface area contributed by atoms with Gasteiger partial charge in [0.2, 0.25) is 5.91 Å². The van der Waals surface area contributed by atoms with Crippen LogP contribution < -0.4 is 5.32 Å². The molecular formula is C17H25NO2. The summed E-state index contributed by atoms with van der Waals surface area (Å²) in [5.41, 5.74) is 1.98. The number of aryl methyl sites for hydroxylation is 1. The first-order valence-electron chi connectivity index (χ1n) is 7.19. The molecule has 1 amide bonds. The Hall–Kier alpha value is -1.61. The maximum Gasteiger partial charge on any atom is 0.244 e. The Morgan fingerprint density at radius 1 is 1.30 bits per heavy atom. The van der Waals surface area contributed by atoms with E-state index in [1.54, 1.807) is 6.08 Å². The molecule has 1 aromatic carbocycles. The molecule has 0 aromatic heterocycles. The van der Waals surface area contributed by atoms with Crippen LogP contribution in [0.2, 0.25) is 0 Å². The lowest BCUT2D eigenvalue weighted by Gasteiger charge is -2.29. The van der Waals surface area contributed by atoms with E-state index in [0.29, 0.717) is 6.54 Å². The van der Waals surface area contributed by atoms with Crippen LogP contribution in [-0.4, -0.2) is 24.2 Å². The Bertz CT molecular complexity index is 454. The van der Waals surface area contributed by atoms with E-state index in [1.807, 2.05) is 51.1 Å². The second-order valence-corrected chi connectivity index (χ2v) is 5.27. The van der Waals surface area contributed by atoms with Gasteiger partial charge in [0.15, 0.2) is 0 Å². The van der Waals surface area contributed by atoms with Crippen LogP contribution in [0.15, 0.2) is 30.3 Å². The first kappa shape index (κ1) is 16.4. The average Bonchev–Trinajstić information content (AvgIpc) is 2.48. The molecule has 1 aromatic rings. The zero-order valence-corrected chi connectivity index (χ0v) is 12.6. The van der Waals surface area contributed by atoms with Crippen molar-refractivity contribution in [2.24, 2.45) is 5.41 Å². The number of hydrogen-bond acceptors (Lipinski definition) is 2. The highest BCUT2D eigenvalue weighted by atomic mass is 16.3. The topological polar surface area (TPSA) is 49.3 Å². The lowest BCUT2D eigenvalue weighted by molar-refractivity contribution is -0.117. The first-order chi connectivity index (χ1) is 9.56. The SMILES string of the molecule is CCC(CC)(CO)CNC(=O)/C=C/c1ccccc1C. The standard InChI is InChI=1S/C17H25NO2/c1-4-17(5-2,13-19)12-18-16(20)11-10-15-9-7-6-8-14(15)3/h6-11,19H,4-5,12-13H2,1-3H3,(H,18,20)/b11-10+. The van der Waals surface area contributed by atoms with Crippen molar-refractivity contribution in [3.8, 4) is 0 Å². The summed E-state index contributed by atoms with van der Waals surface area (Å²) in [6, 6.07) is 7.93. The quantitative estimate of drug-likeness (QED) is 0.752. The fourth-order valence-electron chi connectivity index (χ4n) is 2.05. The maximum absolute atomic E-state index is 11.8. The van der Waals surface area contributed by atoms with Crippen LogP contribution in [0.4, 0.5) is 0 Å². The van der Waals surface area contributed by atoms with Gasteiger partial charge in [-0.25, -0.2) is 0 Å². The van der Waals surface area contributed by atoms with Gasteiger partial charge in [-0.15, -0.1) is 0 Å². The molecule has 2 N–H and O–H groups in total. The second kappa shape index (κ2) is 7.85. The van der Waals surface area contributed by atoms with Crippen LogP contribution in [0.25, 0.3) is 6.08 Å². The van der Waals surface area contributed by atoms with E-state index in [9.17, 15) is 9.90 Å². The summed E-state index contributed by atoms with van der Waals surface area (Å²) in [5.74, 6) is -0.118. The third-order valence-electron chi connectivity index (χ3n) is 4.08. The fraction of sp³-hybridized carbons (Fsp3) is 0.471. The monoisotopic (exact) mass is 275 g/mol. The van der Waals surface area contributed by atoms with Crippen LogP contribution in [0.5, 0.6) is 0 Å². The van der Waals surface area contributed by atoms with Gasteiger partial charge in [-0.2, -0.15) is 0 Å². The Kier molecular flexibility index (Phi) is 6.46. The summed E-state index contributed by atoms with van der Waals surface area (Å²) in [5, 5.41) is 12.3. The lowest BCUT2D eigenvalue weighted by Crippen LogP contribution is -2.38. The van der Waals surface area contributed by atoms with Crippen LogP contribution in [0, 0.1) is 12.3 Å². The highest BCUT2D eigenvalue weighted by Gasteiger charge is 2.25. The number of nitrogens with one attached hydrogen (secondary N) is 1. The van der Waals surface area contributed by atoms with Crippen molar-refractivity contribution in [3.05, 3.63) is 41.5 Å². The zero-order chi connectivity index (χ0) is 15.0. The number of carbonyl (C=O) groups is 1. The molecule has 0 unspecified atom stereocenters. The van der Waals surface area contributed by atoms with Crippen molar-refractivity contribution in [3.63, 3.8) is 0 Å². The molecule has 20 heavy (non-hydrogen) atoms. The van der Waals surface area contributed by atoms with Crippen LogP contribution in [0.1, 0.15) is 37.8 Å². The third-order valence-corrected chi connectivity index (χ3v) is 4.08. The molecule has 0 radical (unpaired) electrons. The molecule has 3 nitrogen and oxygen atoms in total. The molecule has 0 bridgehead atoms. The van der Waals surface area contributed by atoms with Crippen molar-refractivity contribution in [1.82, 2.24) is 5.32 Å². The Balaban J connectivity index is 2.58. The molecule has 0 aliphatic rings. The molecule has 0 fully saturated rings. The van der Waals surface area contributed by atoms with Crippen molar-refractivity contribution in [1.29, 1.82) is 0 Å². The number of aliphatic hydroxyl groups is 1. The highest BCUT2D eigenvalue weighted by Crippen LogP contribution is 2.24. The summed E-state index contributed by atoms with van der Waals surface area (Å²) >= 11 is 0. The summed E-state index contributed by atoms with van der Waals surface area (Å²) in [6.45, 7) is 6.70. The Morgan fingerprint density at radius 2 is 1.95 bits per heavy atom.